The van der Waals surface area contributed by atoms with Crippen LogP contribution >= 0.6 is 11.8 Å². The molecule has 0 saturated heterocycles. The van der Waals surface area contributed by atoms with Crippen molar-refractivity contribution >= 4 is 90.5 Å². The average Bonchev–Trinajstić information content (AvgIpc) is 3.13. The van der Waals surface area contributed by atoms with E-state index >= 15 is 0 Å². The molecule has 2 nitrogen and oxygen atoms in total. The monoisotopic (exact) mass is 732 g/mol. The normalized spacial score (nSPS) is 14.0. The molecule has 0 aliphatic carbocycles. The molecular weight excluding hydrogens is 692 g/mol. The summed E-state index contributed by atoms with van der Waals surface area (Å²) >= 11 is -0.0490. The maximum absolute atomic E-state index is 14.5. The van der Waals surface area contributed by atoms with E-state index in [0.29, 0.717) is 0 Å². The third kappa shape index (κ3) is 5.50. The summed E-state index contributed by atoms with van der Waals surface area (Å²) in [6.07, 6.45) is 0. The Hall–Kier alpha value is -5.14. The number of nitrogens with zero attached hydrogens (tertiary/aromatic N) is 2. The molecule has 7 aromatic rings. The van der Waals surface area contributed by atoms with Crippen LogP contribution in [0.15, 0.2) is 138 Å². The quantitative estimate of drug-likeness (QED) is 0.132. The lowest BCUT2D eigenvalue weighted by Gasteiger charge is -2.45. The van der Waals surface area contributed by atoms with Crippen molar-refractivity contribution in [2.24, 2.45) is 0 Å². The number of thioether (sulfide) groups is 1. The molecule has 0 N–H and O–H groups in total. The smallest absolute Gasteiger partial charge is 0.311 e. The maximum Gasteiger partial charge on any atom is 0.446 e. The van der Waals surface area contributed by atoms with E-state index in [1.807, 2.05) is 36.4 Å². The highest BCUT2D eigenvalue weighted by atomic mass is 32.2. The summed E-state index contributed by atoms with van der Waals surface area (Å²) in [6.45, 7) is 13.1. The molecule has 0 radical (unpaired) electrons. The molecule has 2 aliphatic rings. The molecule has 0 saturated carbocycles. The van der Waals surface area contributed by atoms with Crippen molar-refractivity contribution in [2.75, 3.05) is 9.80 Å². The van der Waals surface area contributed by atoms with Gasteiger partial charge in [0.05, 0.1) is 0 Å². The number of para-hydroxylation sites is 2. The first-order chi connectivity index (χ1) is 25.7. The summed E-state index contributed by atoms with van der Waals surface area (Å²) in [4.78, 5) is 4.58. The number of alkyl halides is 3. The molecule has 0 atom stereocenters. The molecule has 7 heteroatoms. The number of benzene rings is 7. The van der Waals surface area contributed by atoms with Crippen molar-refractivity contribution in [3.05, 3.63) is 145 Å². The van der Waals surface area contributed by atoms with Crippen molar-refractivity contribution in [2.45, 2.75) is 62.8 Å². The van der Waals surface area contributed by atoms with E-state index in [0.717, 1.165) is 72.1 Å². The van der Waals surface area contributed by atoms with Gasteiger partial charge < -0.3 is 9.80 Å². The van der Waals surface area contributed by atoms with Gasteiger partial charge in [-0.15, -0.1) is 0 Å². The number of halogens is 3. The van der Waals surface area contributed by atoms with E-state index in [4.69, 9.17) is 0 Å². The number of hydrogen-bond acceptors (Lipinski definition) is 3. The van der Waals surface area contributed by atoms with Crippen molar-refractivity contribution in [3.8, 4) is 0 Å². The summed E-state index contributed by atoms with van der Waals surface area (Å²) < 4.78 is 43.4. The summed E-state index contributed by atoms with van der Waals surface area (Å²) in [5.41, 5.74) is 6.29. The standard InChI is InChI=1S/C47H40BF3N2S/c1-45(2,3)36-21-13-19-34-32(36)23-25-38-43(34)52(29-15-9-7-10-16-29)40-27-31(54-47(49,50)51)28-41-42(40)48(38)39-26-24-33-35(20-14-22-37(33)46(4,5)6)44(39)53(41)30-17-11-8-12-18-30/h7-28H,1-6H3. The molecule has 268 valence electrons. The highest BCUT2D eigenvalue weighted by Crippen LogP contribution is 2.51. The largest absolute Gasteiger partial charge is 0.446 e. The summed E-state index contributed by atoms with van der Waals surface area (Å²) in [5, 5.41) is 4.44. The number of rotatable bonds is 3. The molecule has 2 aliphatic heterocycles. The van der Waals surface area contributed by atoms with Gasteiger partial charge in [0, 0.05) is 49.8 Å². The highest BCUT2D eigenvalue weighted by molar-refractivity contribution is 8.00. The van der Waals surface area contributed by atoms with Crippen LogP contribution in [0.1, 0.15) is 52.7 Å². The van der Waals surface area contributed by atoms with Gasteiger partial charge in [-0.2, -0.15) is 13.2 Å². The van der Waals surface area contributed by atoms with Crippen LogP contribution in [-0.2, 0) is 10.8 Å². The van der Waals surface area contributed by atoms with Gasteiger partial charge >= 0.3 is 5.51 Å². The molecule has 0 fully saturated rings. The molecule has 0 bridgehead atoms. The Kier molecular flexibility index (Phi) is 7.82. The van der Waals surface area contributed by atoms with Crippen LogP contribution in [-0.4, -0.2) is 12.2 Å². The van der Waals surface area contributed by atoms with Crippen molar-refractivity contribution in [1.82, 2.24) is 0 Å². The summed E-state index contributed by atoms with van der Waals surface area (Å²) in [7, 11) is 0. The molecule has 0 spiro atoms. The minimum atomic E-state index is -4.47. The second kappa shape index (κ2) is 12.2. The molecular formula is C47H40BF3N2S. The zero-order valence-corrected chi connectivity index (χ0v) is 32.0. The lowest BCUT2D eigenvalue weighted by atomic mass is 9.33. The van der Waals surface area contributed by atoms with Crippen molar-refractivity contribution in [3.63, 3.8) is 0 Å². The van der Waals surface area contributed by atoms with E-state index in [9.17, 15) is 13.2 Å². The average molecular weight is 733 g/mol. The van der Waals surface area contributed by atoms with E-state index in [-0.39, 0.29) is 34.2 Å². The van der Waals surface area contributed by atoms with Gasteiger partial charge in [-0.25, -0.2) is 0 Å². The van der Waals surface area contributed by atoms with Crippen LogP contribution in [0.3, 0.4) is 0 Å². The number of fused-ring (bicyclic) bond motifs is 8. The molecule has 2 heterocycles. The lowest BCUT2D eigenvalue weighted by Crippen LogP contribution is -2.61. The van der Waals surface area contributed by atoms with Crippen LogP contribution in [0.25, 0.3) is 21.5 Å². The predicted octanol–water partition coefficient (Wildman–Crippen LogP) is 12.3. The number of anilines is 6. The first-order valence-corrected chi connectivity index (χ1v) is 19.3. The molecule has 9 rings (SSSR count). The van der Waals surface area contributed by atoms with Crippen LogP contribution < -0.4 is 26.2 Å². The van der Waals surface area contributed by atoms with E-state index in [1.165, 1.54) is 11.1 Å². The summed E-state index contributed by atoms with van der Waals surface area (Å²) in [6, 6.07) is 45.8. The Bertz CT molecular complexity index is 2440. The van der Waals surface area contributed by atoms with E-state index in [2.05, 4.69) is 136 Å². The van der Waals surface area contributed by atoms with Crippen molar-refractivity contribution < 1.29 is 13.2 Å². The van der Waals surface area contributed by atoms with Crippen LogP contribution in [0.4, 0.5) is 47.3 Å². The molecule has 0 unspecified atom stereocenters. The van der Waals surface area contributed by atoms with Crippen LogP contribution in [0, 0.1) is 0 Å². The Labute approximate surface area is 319 Å². The second-order valence-corrected chi connectivity index (χ2v) is 17.6. The lowest BCUT2D eigenvalue weighted by molar-refractivity contribution is -0.0328. The third-order valence-electron chi connectivity index (χ3n) is 11.0. The highest BCUT2D eigenvalue weighted by Gasteiger charge is 2.45. The number of hydrogen-bond donors (Lipinski definition) is 0. The van der Waals surface area contributed by atoms with Crippen LogP contribution in [0.2, 0.25) is 0 Å². The topological polar surface area (TPSA) is 6.48 Å². The minimum Gasteiger partial charge on any atom is -0.311 e. The maximum atomic E-state index is 14.5. The first-order valence-electron chi connectivity index (χ1n) is 18.5. The predicted molar refractivity (Wildman–Crippen MR) is 225 cm³/mol. The fraction of sp³-hybridized carbons (Fsp3) is 0.191. The van der Waals surface area contributed by atoms with Gasteiger partial charge in [0.1, 0.15) is 0 Å². The zero-order valence-electron chi connectivity index (χ0n) is 31.2. The SMILES string of the molecule is CC(C)(C)c1cccc2c3c(ccc12)B1c2ccc4c(C(C)(C)C)cccc4c2N(c2ccccc2)c2cc(SC(F)(F)F)cc(c21)N3c1ccccc1. The minimum absolute atomic E-state index is 0.0490. The van der Waals surface area contributed by atoms with Gasteiger partial charge in [0.2, 0.25) is 0 Å². The molecule has 0 amide bonds. The Morgan fingerprint density at radius 3 is 1.30 bits per heavy atom. The molecule has 54 heavy (non-hydrogen) atoms. The Morgan fingerprint density at radius 2 is 0.907 bits per heavy atom. The van der Waals surface area contributed by atoms with Crippen molar-refractivity contribution in [1.29, 1.82) is 0 Å². The summed E-state index contributed by atoms with van der Waals surface area (Å²) in [5.74, 6) is 0. The Morgan fingerprint density at radius 1 is 0.481 bits per heavy atom. The van der Waals surface area contributed by atoms with Gasteiger partial charge in [0.15, 0.2) is 0 Å². The first kappa shape index (κ1) is 34.6. The zero-order chi connectivity index (χ0) is 37.7. The van der Waals surface area contributed by atoms with Gasteiger partial charge in [-0.05, 0) is 97.3 Å². The van der Waals surface area contributed by atoms with Gasteiger partial charge in [0.25, 0.3) is 6.71 Å². The molecule has 0 aromatic heterocycles. The van der Waals surface area contributed by atoms with Gasteiger partial charge in [-0.3, -0.25) is 0 Å². The van der Waals surface area contributed by atoms with Gasteiger partial charge in [-0.1, -0.05) is 139 Å². The van der Waals surface area contributed by atoms with E-state index in [1.54, 1.807) is 12.1 Å². The fourth-order valence-corrected chi connectivity index (χ4v) is 9.47. The Balaban J connectivity index is 1.48. The van der Waals surface area contributed by atoms with Crippen LogP contribution in [0.5, 0.6) is 0 Å². The second-order valence-electron chi connectivity index (χ2n) is 16.5. The fourth-order valence-electron chi connectivity index (χ4n) is 8.86. The third-order valence-corrected chi connectivity index (χ3v) is 11.7. The molecule has 7 aromatic carbocycles. The van der Waals surface area contributed by atoms with E-state index < -0.39 is 5.51 Å².